The van der Waals surface area contributed by atoms with Crippen LogP contribution in [0.2, 0.25) is 0 Å². The van der Waals surface area contributed by atoms with Gasteiger partial charge in [-0.3, -0.25) is 0 Å². The summed E-state index contributed by atoms with van der Waals surface area (Å²) < 4.78 is 24.5. The number of rotatable bonds is 0. The molecule has 3 radical (unpaired) electrons. The van der Waals surface area contributed by atoms with Crippen LogP contribution < -0.4 is 27.9 Å². The van der Waals surface area contributed by atoms with Gasteiger partial charge in [0.15, 0.2) is 0 Å². The van der Waals surface area contributed by atoms with E-state index in [2.05, 4.69) is 0 Å². The van der Waals surface area contributed by atoms with Gasteiger partial charge in [0.1, 0.15) is 0 Å². The molecule has 0 aromatic heterocycles. The Morgan fingerprint density at radius 1 is 1.40 bits per heavy atom. The van der Waals surface area contributed by atoms with Crippen LogP contribution in [-0.2, 0) is 0 Å². The molecule has 0 rings (SSSR count). The minimum Gasteiger partial charge on any atom is -0.396 e. The Bertz CT molecular complexity index is 11.6. The molecular formula is HIInO3. The minimum atomic E-state index is -3.76. The molecule has 3 nitrogen and oxygen atoms in total. The van der Waals surface area contributed by atoms with Gasteiger partial charge in [0.2, 0.25) is 0 Å². The van der Waals surface area contributed by atoms with Gasteiger partial charge in [-0.2, -0.15) is 0 Å². The van der Waals surface area contributed by atoms with Crippen LogP contribution >= 0.6 is 0 Å². The molecule has 0 amide bonds. The average Bonchev–Trinajstić information content (AvgIpc) is 0.811. The van der Waals surface area contributed by atoms with E-state index in [0.717, 1.165) is 0 Å². The van der Waals surface area contributed by atoms with E-state index in [1.165, 1.54) is 0 Å². The van der Waals surface area contributed by atoms with Gasteiger partial charge in [0.25, 0.3) is 0 Å². The van der Waals surface area contributed by atoms with E-state index in [-0.39, 0.29) is 25.8 Å². The van der Waals surface area contributed by atoms with E-state index in [0.29, 0.717) is 0 Å². The Morgan fingerprint density at radius 2 is 1.40 bits per heavy atom. The molecule has 0 aliphatic heterocycles. The molecule has 1 N–H and O–H groups in total. The number of hydrogen-bond donors (Lipinski definition) is 1. The van der Waals surface area contributed by atoms with Gasteiger partial charge in [0.05, 0.1) is 0 Å². The Balaban J connectivity index is 0. The first kappa shape index (κ1) is 9.70. The summed E-state index contributed by atoms with van der Waals surface area (Å²) in [6.45, 7) is 0. The van der Waals surface area contributed by atoms with Crippen LogP contribution in [0.4, 0.5) is 0 Å². The smallest absolute Gasteiger partial charge is 0.396 e. The van der Waals surface area contributed by atoms with Crippen molar-refractivity contribution < 1.29 is 31.4 Å². The van der Waals surface area contributed by atoms with Crippen LogP contribution in [0.3, 0.4) is 0 Å². The molecule has 0 aromatic rings. The topological polar surface area (TPSA) is 66.3 Å². The van der Waals surface area contributed by atoms with Crippen molar-refractivity contribution in [3.8, 4) is 0 Å². The maximum absolute atomic E-state index is 8.68. The maximum Gasteiger partial charge on any atom is 0.503 e. The van der Waals surface area contributed by atoms with E-state index >= 15 is 0 Å². The Labute approximate surface area is 56.8 Å². The normalized spacial score (nSPS) is 7.20. The fourth-order valence-electron chi connectivity index (χ4n) is 0. The zero-order valence-electron chi connectivity index (χ0n) is 2.22. The van der Waals surface area contributed by atoms with Crippen molar-refractivity contribution in [1.82, 2.24) is 0 Å². The van der Waals surface area contributed by atoms with E-state index < -0.39 is 21.1 Å². The molecule has 0 saturated heterocycles. The molecule has 0 saturated carbocycles. The van der Waals surface area contributed by atoms with E-state index in [1.54, 1.807) is 0 Å². The summed E-state index contributed by atoms with van der Waals surface area (Å²) in [5, 5.41) is 0. The third-order valence-corrected chi connectivity index (χ3v) is 0. The minimum absolute atomic E-state index is 0. The van der Waals surface area contributed by atoms with Crippen molar-refractivity contribution in [1.29, 1.82) is 0 Å². The molecule has 0 fully saturated rings. The second-order valence-electron chi connectivity index (χ2n) is 0.201. The second kappa shape index (κ2) is 5.48. The molecular weight excluding hydrogens is 290 g/mol. The van der Waals surface area contributed by atoms with Gasteiger partial charge >= 0.3 is 21.1 Å². The van der Waals surface area contributed by atoms with Crippen molar-refractivity contribution in [2.75, 3.05) is 0 Å². The molecule has 0 bridgehead atoms. The summed E-state index contributed by atoms with van der Waals surface area (Å²) in [7, 11) is 0. The van der Waals surface area contributed by atoms with Crippen LogP contribution in [0.25, 0.3) is 0 Å². The first-order chi connectivity index (χ1) is 1.73. The SMILES string of the molecule is [In].[O-][I+2]([O-])O. The molecule has 0 spiro atoms. The van der Waals surface area contributed by atoms with Gasteiger partial charge < -0.3 is 6.87 Å². The van der Waals surface area contributed by atoms with Crippen molar-refractivity contribution in [2.24, 2.45) is 0 Å². The van der Waals surface area contributed by atoms with Gasteiger partial charge in [-0.15, -0.1) is 0 Å². The molecule has 0 aliphatic carbocycles. The van der Waals surface area contributed by atoms with E-state index in [9.17, 15) is 0 Å². The monoisotopic (exact) mass is 291 g/mol. The average molecular weight is 291 g/mol. The predicted octanol–water partition coefficient (Wildman–Crippen LogP) is -6.31. The van der Waals surface area contributed by atoms with Crippen molar-refractivity contribution in [2.45, 2.75) is 0 Å². The van der Waals surface area contributed by atoms with Crippen LogP contribution in [0.1, 0.15) is 0 Å². The molecule has 5 heavy (non-hydrogen) atoms. The second-order valence-corrected chi connectivity index (χ2v) is 1.35. The molecule has 5 heteroatoms. The zero-order chi connectivity index (χ0) is 3.58. The predicted molar refractivity (Wildman–Crippen MR) is 7.97 cm³/mol. The van der Waals surface area contributed by atoms with Crippen LogP contribution in [0.15, 0.2) is 0 Å². The van der Waals surface area contributed by atoms with Crippen LogP contribution in [0.5, 0.6) is 0 Å². The van der Waals surface area contributed by atoms with E-state index in [1.807, 2.05) is 0 Å². The summed E-state index contributed by atoms with van der Waals surface area (Å²) in [5.41, 5.74) is 0. The Morgan fingerprint density at radius 3 is 1.40 bits per heavy atom. The molecule has 0 heterocycles. The first-order valence-electron chi connectivity index (χ1n) is 0.478. The van der Waals surface area contributed by atoms with Gasteiger partial charge in [-0.1, -0.05) is 0 Å². The van der Waals surface area contributed by atoms with Gasteiger partial charge in [-0.05, 0) is 3.44 Å². The molecule has 0 aromatic carbocycles. The summed E-state index contributed by atoms with van der Waals surface area (Å²) in [5.74, 6) is 0. The van der Waals surface area contributed by atoms with Gasteiger partial charge in [0, 0.05) is 25.8 Å². The first-order valence-corrected chi connectivity index (χ1v) is 3.20. The molecule has 0 unspecified atom stereocenters. The molecule has 0 aliphatic rings. The number of hydrogen-bond acceptors (Lipinski definition) is 3. The maximum atomic E-state index is 8.68. The summed E-state index contributed by atoms with van der Waals surface area (Å²) >= 11 is -3.76. The zero-order valence-corrected chi connectivity index (χ0v) is 7.67. The van der Waals surface area contributed by atoms with Crippen molar-refractivity contribution in [3.63, 3.8) is 0 Å². The quantitative estimate of drug-likeness (QED) is 0.452. The van der Waals surface area contributed by atoms with Crippen LogP contribution in [-0.4, -0.2) is 29.3 Å². The van der Waals surface area contributed by atoms with Crippen molar-refractivity contribution >= 4 is 25.8 Å². The molecule has 0 atom stereocenters. The van der Waals surface area contributed by atoms with Gasteiger partial charge in [-0.25, -0.2) is 0 Å². The Hall–Kier alpha value is 1.48. The third-order valence-electron chi connectivity index (χ3n) is 0. The molecule has 29 valence electrons. The standard InChI is InChI=1S/HIO3.In/c2-1(3)4;/h2H;. The summed E-state index contributed by atoms with van der Waals surface area (Å²) in [6.07, 6.45) is 0. The third kappa shape index (κ3) is 30.3. The fraction of sp³-hybridized carbons (Fsp3) is 0. The van der Waals surface area contributed by atoms with Crippen LogP contribution in [0, 0.1) is 0 Å². The van der Waals surface area contributed by atoms with Crippen molar-refractivity contribution in [3.05, 3.63) is 0 Å². The Kier molecular flexibility index (Phi) is 10.6. The number of halogens is 1. The summed E-state index contributed by atoms with van der Waals surface area (Å²) in [6, 6.07) is 0. The van der Waals surface area contributed by atoms with E-state index in [4.69, 9.17) is 10.3 Å². The largest absolute Gasteiger partial charge is 0.503 e. The fourth-order valence-corrected chi connectivity index (χ4v) is 0. The summed E-state index contributed by atoms with van der Waals surface area (Å²) in [4.78, 5) is 0.